The van der Waals surface area contributed by atoms with E-state index in [1.54, 1.807) is 12.4 Å². The fourth-order valence-electron chi connectivity index (χ4n) is 4.19. The highest BCUT2D eigenvalue weighted by Crippen LogP contribution is 2.24. The molecule has 1 saturated carbocycles. The third-order valence-corrected chi connectivity index (χ3v) is 5.83. The summed E-state index contributed by atoms with van der Waals surface area (Å²) < 4.78 is 6.21. The first kappa shape index (κ1) is 23.6. The van der Waals surface area contributed by atoms with Crippen molar-refractivity contribution in [3.05, 3.63) is 48.3 Å². The number of hydrogen-bond donors (Lipinski definition) is 1. The number of halogens is 1. The second-order valence-electron chi connectivity index (χ2n) is 7.95. The summed E-state index contributed by atoms with van der Waals surface area (Å²) in [5, 5.41) is 3.51. The maximum atomic E-state index is 6.21. The van der Waals surface area contributed by atoms with Gasteiger partial charge in [-0.05, 0) is 49.4 Å². The zero-order valence-electron chi connectivity index (χ0n) is 18.2. The Labute approximate surface area is 202 Å². The number of ether oxygens (including phenoxy) is 1. The molecule has 1 aromatic heterocycles. The molecule has 2 aromatic rings. The van der Waals surface area contributed by atoms with Gasteiger partial charge in [0.15, 0.2) is 5.96 Å². The Bertz CT molecular complexity index is 820. The van der Waals surface area contributed by atoms with Crippen LogP contribution in [-0.2, 0) is 6.54 Å². The normalized spacial score (nSPS) is 17.8. The summed E-state index contributed by atoms with van der Waals surface area (Å²) in [6.45, 7) is 4.28. The number of anilines is 1. The number of nitrogens with zero attached hydrogens (tertiary/aromatic N) is 5. The predicted octanol–water partition coefficient (Wildman–Crippen LogP) is 3.70. The largest absolute Gasteiger partial charge is 0.490 e. The topological polar surface area (TPSA) is 65.9 Å². The molecule has 0 spiro atoms. The van der Waals surface area contributed by atoms with Gasteiger partial charge in [-0.2, -0.15) is 0 Å². The molecule has 0 amide bonds. The van der Waals surface area contributed by atoms with Crippen LogP contribution in [-0.4, -0.2) is 60.2 Å². The lowest BCUT2D eigenvalue weighted by atomic mass is 9.98. The first-order valence-corrected chi connectivity index (χ1v) is 11.0. The summed E-state index contributed by atoms with van der Waals surface area (Å²) >= 11 is 0. The van der Waals surface area contributed by atoms with Crippen molar-refractivity contribution in [2.24, 2.45) is 4.99 Å². The highest BCUT2D eigenvalue weighted by Gasteiger charge is 2.21. The summed E-state index contributed by atoms with van der Waals surface area (Å²) in [4.78, 5) is 17.7. The lowest BCUT2D eigenvalue weighted by Crippen LogP contribution is -2.52. The van der Waals surface area contributed by atoms with Crippen molar-refractivity contribution in [3.63, 3.8) is 0 Å². The number of aliphatic imine (C=N–C) groups is 1. The third-order valence-electron chi connectivity index (χ3n) is 5.83. The zero-order chi connectivity index (χ0) is 20.6. The molecule has 7 nitrogen and oxygen atoms in total. The van der Waals surface area contributed by atoms with Gasteiger partial charge in [-0.15, -0.1) is 24.0 Å². The summed E-state index contributed by atoms with van der Waals surface area (Å²) in [6.07, 6.45) is 10.2. The first-order chi connectivity index (χ1) is 14.8. The van der Waals surface area contributed by atoms with Crippen LogP contribution in [0.2, 0.25) is 0 Å². The Hall–Kier alpha value is -2.10. The summed E-state index contributed by atoms with van der Waals surface area (Å²) in [5.41, 5.74) is 1.21. The lowest BCUT2D eigenvalue weighted by molar-refractivity contribution is 0.155. The maximum Gasteiger partial charge on any atom is 0.225 e. The van der Waals surface area contributed by atoms with Crippen molar-refractivity contribution in [3.8, 4) is 5.75 Å². The van der Waals surface area contributed by atoms with Crippen LogP contribution in [0, 0.1) is 0 Å². The van der Waals surface area contributed by atoms with E-state index in [-0.39, 0.29) is 24.0 Å². The van der Waals surface area contributed by atoms with Gasteiger partial charge in [0.2, 0.25) is 5.95 Å². The number of hydrogen-bond acceptors (Lipinski definition) is 5. The number of rotatable bonds is 5. The minimum atomic E-state index is 0. The average Bonchev–Trinajstić information content (AvgIpc) is 2.81. The molecule has 168 valence electrons. The molecule has 1 saturated heterocycles. The molecule has 31 heavy (non-hydrogen) atoms. The molecule has 1 N–H and O–H groups in total. The number of guanidine groups is 1. The molecule has 1 aromatic carbocycles. The van der Waals surface area contributed by atoms with Gasteiger partial charge in [0.1, 0.15) is 5.75 Å². The van der Waals surface area contributed by atoms with Gasteiger partial charge < -0.3 is 19.9 Å². The van der Waals surface area contributed by atoms with E-state index in [0.717, 1.165) is 50.4 Å². The van der Waals surface area contributed by atoms with Gasteiger partial charge in [0, 0.05) is 52.2 Å². The monoisotopic (exact) mass is 536 g/mol. The van der Waals surface area contributed by atoms with E-state index in [4.69, 9.17) is 4.74 Å². The lowest BCUT2D eigenvalue weighted by Gasteiger charge is -2.36. The smallest absolute Gasteiger partial charge is 0.225 e. The van der Waals surface area contributed by atoms with E-state index in [0.29, 0.717) is 6.10 Å². The summed E-state index contributed by atoms with van der Waals surface area (Å²) in [6, 6.07) is 10.3. The number of nitrogens with one attached hydrogen (secondary N) is 1. The second kappa shape index (κ2) is 12.1. The van der Waals surface area contributed by atoms with E-state index in [1.807, 2.05) is 13.1 Å². The van der Waals surface area contributed by atoms with Crippen molar-refractivity contribution < 1.29 is 4.74 Å². The fraction of sp³-hybridized carbons (Fsp3) is 0.522. The zero-order valence-corrected chi connectivity index (χ0v) is 20.6. The summed E-state index contributed by atoms with van der Waals surface area (Å²) in [5.74, 6) is 2.71. The quantitative estimate of drug-likeness (QED) is 0.357. The highest BCUT2D eigenvalue weighted by molar-refractivity contribution is 14.0. The number of aromatic nitrogens is 2. The molecule has 1 aliphatic heterocycles. The van der Waals surface area contributed by atoms with E-state index >= 15 is 0 Å². The molecule has 2 aliphatic rings. The van der Waals surface area contributed by atoms with Gasteiger partial charge in [-0.3, -0.25) is 4.99 Å². The molecule has 1 aliphatic carbocycles. The second-order valence-corrected chi connectivity index (χ2v) is 7.95. The van der Waals surface area contributed by atoms with Crippen molar-refractivity contribution in [2.75, 3.05) is 38.1 Å². The van der Waals surface area contributed by atoms with Gasteiger partial charge in [0.25, 0.3) is 0 Å². The Balaban J connectivity index is 0.00000272. The van der Waals surface area contributed by atoms with Crippen molar-refractivity contribution >= 4 is 35.9 Å². The minimum absolute atomic E-state index is 0. The van der Waals surface area contributed by atoms with Crippen LogP contribution in [0.4, 0.5) is 5.95 Å². The molecule has 0 radical (unpaired) electrons. The molecule has 8 heteroatoms. The first-order valence-electron chi connectivity index (χ1n) is 11.0. The Kier molecular flexibility index (Phi) is 9.17. The van der Waals surface area contributed by atoms with Gasteiger partial charge in [0.05, 0.1) is 6.10 Å². The van der Waals surface area contributed by atoms with Crippen molar-refractivity contribution in [1.82, 2.24) is 20.2 Å². The molecule has 0 unspecified atom stereocenters. The van der Waals surface area contributed by atoms with Crippen LogP contribution in [0.5, 0.6) is 5.75 Å². The van der Waals surface area contributed by atoms with Gasteiger partial charge in [-0.1, -0.05) is 18.6 Å². The standard InChI is InChI=1S/C23H32N6O.HI/c1-24-22(28-13-15-29(16-14-28)23-25-11-6-12-26-23)27-18-19-7-5-10-21(17-19)30-20-8-3-2-4-9-20;/h5-7,10-12,17,20H,2-4,8-9,13-16,18H2,1H3,(H,24,27);1H. The molecule has 0 atom stereocenters. The fourth-order valence-corrected chi connectivity index (χ4v) is 4.19. The van der Waals surface area contributed by atoms with E-state index in [9.17, 15) is 0 Å². The molecular formula is C23H33IN6O. The Morgan fingerprint density at radius 1 is 1.06 bits per heavy atom. The van der Waals surface area contributed by atoms with Gasteiger partial charge in [-0.25, -0.2) is 9.97 Å². The third kappa shape index (κ3) is 6.69. The van der Waals surface area contributed by atoms with Crippen molar-refractivity contribution in [1.29, 1.82) is 0 Å². The Morgan fingerprint density at radius 3 is 2.52 bits per heavy atom. The van der Waals surface area contributed by atoms with Crippen LogP contribution in [0.1, 0.15) is 37.7 Å². The van der Waals surface area contributed by atoms with Crippen LogP contribution in [0.3, 0.4) is 0 Å². The van der Waals surface area contributed by atoms with E-state index in [1.165, 1.54) is 37.7 Å². The number of benzene rings is 1. The average molecular weight is 536 g/mol. The molecule has 4 rings (SSSR count). The van der Waals surface area contributed by atoms with E-state index < -0.39 is 0 Å². The predicted molar refractivity (Wildman–Crippen MR) is 135 cm³/mol. The molecule has 2 heterocycles. The van der Waals surface area contributed by atoms with Gasteiger partial charge >= 0.3 is 0 Å². The molecule has 0 bridgehead atoms. The number of piperazine rings is 1. The van der Waals surface area contributed by atoms with Crippen molar-refractivity contribution in [2.45, 2.75) is 44.8 Å². The molecular weight excluding hydrogens is 503 g/mol. The van der Waals surface area contributed by atoms with Crippen LogP contribution >= 0.6 is 24.0 Å². The van der Waals surface area contributed by atoms with Crippen LogP contribution in [0.25, 0.3) is 0 Å². The Morgan fingerprint density at radius 2 is 1.81 bits per heavy atom. The molecule has 2 fully saturated rings. The minimum Gasteiger partial charge on any atom is -0.490 e. The highest BCUT2D eigenvalue weighted by atomic mass is 127. The maximum absolute atomic E-state index is 6.21. The SMILES string of the molecule is CN=C(NCc1cccc(OC2CCCCC2)c1)N1CCN(c2ncccn2)CC1.I. The van der Waals surface area contributed by atoms with E-state index in [2.05, 4.69) is 54.3 Å². The van der Waals surface area contributed by atoms with Crippen LogP contribution in [0.15, 0.2) is 47.7 Å². The summed E-state index contributed by atoms with van der Waals surface area (Å²) in [7, 11) is 1.84. The van der Waals surface area contributed by atoms with Crippen LogP contribution < -0.4 is 15.0 Å².